The zero-order chi connectivity index (χ0) is 14.5. The van der Waals surface area contributed by atoms with Gasteiger partial charge in [-0.1, -0.05) is 47.5 Å². The van der Waals surface area contributed by atoms with Gasteiger partial charge in [0.2, 0.25) is 0 Å². The molecule has 0 spiro atoms. The molecule has 2 rings (SSSR count). The normalized spacial score (nSPS) is 12.4. The Labute approximate surface area is 134 Å². The van der Waals surface area contributed by atoms with Gasteiger partial charge >= 0.3 is 0 Å². The second-order valence-corrected chi connectivity index (χ2v) is 6.65. The summed E-state index contributed by atoms with van der Waals surface area (Å²) in [5.41, 5.74) is 8.34. The Hall–Kier alpha value is -0.670. The van der Waals surface area contributed by atoms with E-state index in [-0.39, 0.29) is 6.04 Å². The highest BCUT2D eigenvalue weighted by molar-refractivity contribution is 7.98. The minimum absolute atomic E-state index is 0.128. The van der Waals surface area contributed by atoms with Gasteiger partial charge in [0.25, 0.3) is 0 Å². The van der Waals surface area contributed by atoms with E-state index in [0.717, 1.165) is 27.1 Å². The molecule has 0 bridgehead atoms. The van der Waals surface area contributed by atoms with Crippen molar-refractivity contribution in [1.29, 1.82) is 0 Å². The van der Waals surface area contributed by atoms with Gasteiger partial charge in [-0.15, -0.1) is 11.8 Å². The van der Waals surface area contributed by atoms with Gasteiger partial charge in [-0.3, -0.25) is 0 Å². The Morgan fingerprint density at radius 2 is 1.80 bits per heavy atom. The molecule has 1 atom stereocenters. The van der Waals surface area contributed by atoms with Crippen LogP contribution in [0.1, 0.15) is 18.1 Å². The Balaban J connectivity index is 2.13. The lowest BCUT2D eigenvalue weighted by Crippen LogP contribution is -2.18. The van der Waals surface area contributed by atoms with E-state index in [1.54, 1.807) is 11.8 Å². The van der Waals surface area contributed by atoms with E-state index in [2.05, 4.69) is 6.07 Å². The molecule has 1 nitrogen and oxygen atoms in total. The zero-order valence-electron chi connectivity index (χ0n) is 11.3. The van der Waals surface area contributed by atoms with Crippen molar-refractivity contribution in [2.45, 2.75) is 30.0 Å². The maximum Gasteiger partial charge on any atom is 0.0544 e. The molecule has 0 heterocycles. The molecule has 106 valence electrons. The van der Waals surface area contributed by atoms with Crippen molar-refractivity contribution < 1.29 is 0 Å². The molecule has 1 unspecified atom stereocenters. The van der Waals surface area contributed by atoms with Crippen molar-refractivity contribution in [2.24, 2.45) is 5.73 Å². The third-order valence-corrected chi connectivity index (χ3v) is 4.81. The van der Waals surface area contributed by atoms with Crippen molar-refractivity contribution in [3.63, 3.8) is 0 Å². The van der Waals surface area contributed by atoms with Gasteiger partial charge in [0.05, 0.1) is 5.02 Å². The minimum Gasteiger partial charge on any atom is -0.328 e. The summed E-state index contributed by atoms with van der Waals surface area (Å²) in [5, 5.41) is 1.55. The predicted molar refractivity (Wildman–Crippen MR) is 89.8 cm³/mol. The standard InChI is InChI=1S/C16H17Cl2NS/c1-11(19)9-13-3-2-4-15(18)16(13)20-10-12-5-7-14(17)8-6-12/h2-8,11H,9-10,19H2,1H3. The lowest BCUT2D eigenvalue weighted by atomic mass is 10.1. The van der Waals surface area contributed by atoms with Crippen molar-refractivity contribution in [3.05, 3.63) is 63.6 Å². The summed E-state index contributed by atoms with van der Waals surface area (Å²) < 4.78 is 0. The fraction of sp³-hybridized carbons (Fsp3) is 0.250. The van der Waals surface area contributed by atoms with Gasteiger partial charge in [-0.25, -0.2) is 0 Å². The zero-order valence-corrected chi connectivity index (χ0v) is 13.6. The molecule has 0 amide bonds. The Morgan fingerprint density at radius 1 is 1.10 bits per heavy atom. The van der Waals surface area contributed by atoms with E-state index in [0.29, 0.717) is 0 Å². The smallest absolute Gasteiger partial charge is 0.0544 e. The number of benzene rings is 2. The second kappa shape index (κ2) is 7.37. The molecule has 2 aromatic rings. The van der Waals surface area contributed by atoms with Gasteiger partial charge in [0, 0.05) is 21.7 Å². The first-order chi connectivity index (χ1) is 9.56. The second-order valence-electron chi connectivity index (χ2n) is 4.82. The first-order valence-electron chi connectivity index (χ1n) is 6.46. The first-order valence-corrected chi connectivity index (χ1v) is 8.20. The van der Waals surface area contributed by atoms with Crippen LogP contribution in [-0.2, 0) is 12.2 Å². The monoisotopic (exact) mass is 325 g/mol. The fourth-order valence-corrected chi connectivity index (χ4v) is 3.49. The highest BCUT2D eigenvalue weighted by Gasteiger charge is 2.09. The largest absolute Gasteiger partial charge is 0.328 e. The minimum atomic E-state index is 0.128. The summed E-state index contributed by atoms with van der Waals surface area (Å²) in [6.45, 7) is 2.01. The summed E-state index contributed by atoms with van der Waals surface area (Å²) in [6.07, 6.45) is 0.837. The van der Waals surface area contributed by atoms with Gasteiger partial charge in [-0.05, 0) is 42.7 Å². The molecule has 0 aliphatic carbocycles. The number of halogens is 2. The first kappa shape index (κ1) is 15.7. The number of thioether (sulfide) groups is 1. The molecular formula is C16H17Cl2NS. The number of rotatable bonds is 5. The third-order valence-electron chi connectivity index (χ3n) is 2.89. The van der Waals surface area contributed by atoms with Crippen LogP contribution in [0.4, 0.5) is 0 Å². The van der Waals surface area contributed by atoms with Crippen LogP contribution in [0.15, 0.2) is 47.4 Å². The van der Waals surface area contributed by atoms with E-state index >= 15 is 0 Å². The molecule has 0 aliphatic heterocycles. The van der Waals surface area contributed by atoms with Crippen LogP contribution in [0.3, 0.4) is 0 Å². The third kappa shape index (κ3) is 4.42. The molecule has 2 N–H and O–H groups in total. The van der Waals surface area contributed by atoms with E-state index in [1.165, 1.54) is 11.1 Å². The van der Waals surface area contributed by atoms with Crippen molar-refractivity contribution >= 4 is 35.0 Å². The molecule has 0 radical (unpaired) electrons. The van der Waals surface area contributed by atoms with Crippen molar-refractivity contribution in [1.82, 2.24) is 0 Å². The quantitative estimate of drug-likeness (QED) is 0.767. The maximum absolute atomic E-state index is 6.32. The molecule has 20 heavy (non-hydrogen) atoms. The molecule has 0 saturated heterocycles. The SMILES string of the molecule is CC(N)Cc1cccc(Cl)c1SCc1ccc(Cl)cc1. The van der Waals surface area contributed by atoms with Gasteiger partial charge in [0.15, 0.2) is 0 Å². The summed E-state index contributed by atoms with van der Waals surface area (Å²) in [5.74, 6) is 0.868. The summed E-state index contributed by atoms with van der Waals surface area (Å²) in [7, 11) is 0. The van der Waals surface area contributed by atoms with Gasteiger partial charge in [-0.2, -0.15) is 0 Å². The highest BCUT2D eigenvalue weighted by Crippen LogP contribution is 2.33. The van der Waals surface area contributed by atoms with E-state index in [4.69, 9.17) is 28.9 Å². The predicted octanol–water partition coefficient (Wildman–Crippen LogP) is 5.18. The van der Waals surface area contributed by atoms with Crippen LogP contribution < -0.4 is 5.73 Å². The molecule has 0 fully saturated rings. The maximum atomic E-state index is 6.32. The summed E-state index contributed by atoms with van der Waals surface area (Å²) >= 11 is 14.0. The van der Waals surface area contributed by atoms with E-state index in [9.17, 15) is 0 Å². The Morgan fingerprint density at radius 3 is 2.45 bits per heavy atom. The van der Waals surface area contributed by atoms with Crippen LogP contribution >= 0.6 is 35.0 Å². The van der Waals surface area contributed by atoms with Crippen molar-refractivity contribution in [2.75, 3.05) is 0 Å². The summed E-state index contributed by atoms with van der Waals surface area (Å²) in [6, 6.07) is 14.0. The number of hydrogen-bond donors (Lipinski definition) is 1. The average molecular weight is 326 g/mol. The van der Waals surface area contributed by atoms with Crippen LogP contribution in [0.5, 0.6) is 0 Å². The van der Waals surface area contributed by atoms with Gasteiger partial charge in [0.1, 0.15) is 0 Å². The highest BCUT2D eigenvalue weighted by atomic mass is 35.5. The number of hydrogen-bond acceptors (Lipinski definition) is 2. The van der Waals surface area contributed by atoms with Crippen LogP contribution in [0.2, 0.25) is 10.0 Å². The average Bonchev–Trinajstić information content (AvgIpc) is 2.39. The molecule has 2 aromatic carbocycles. The molecule has 0 aromatic heterocycles. The van der Waals surface area contributed by atoms with Gasteiger partial charge < -0.3 is 5.73 Å². The van der Waals surface area contributed by atoms with Crippen LogP contribution in [-0.4, -0.2) is 6.04 Å². The fourth-order valence-electron chi connectivity index (χ4n) is 1.96. The van der Waals surface area contributed by atoms with Crippen molar-refractivity contribution in [3.8, 4) is 0 Å². The molecular weight excluding hydrogens is 309 g/mol. The van der Waals surface area contributed by atoms with Crippen LogP contribution in [0.25, 0.3) is 0 Å². The molecule has 0 saturated carbocycles. The topological polar surface area (TPSA) is 26.0 Å². The summed E-state index contributed by atoms with van der Waals surface area (Å²) in [4.78, 5) is 1.13. The van der Waals surface area contributed by atoms with E-state index in [1.807, 2.05) is 43.3 Å². The van der Waals surface area contributed by atoms with E-state index < -0.39 is 0 Å². The Kier molecular flexibility index (Phi) is 5.79. The Bertz CT molecular complexity index is 567. The van der Waals surface area contributed by atoms with Crippen LogP contribution in [0, 0.1) is 0 Å². The molecule has 0 aliphatic rings. The lowest BCUT2D eigenvalue weighted by molar-refractivity contribution is 0.729. The molecule has 4 heteroatoms. The lowest BCUT2D eigenvalue weighted by Gasteiger charge is -2.13. The number of nitrogens with two attached hydrogens (primary N) is 1.